The molecule has 6 nitrogen and oxygen atoms in total. The zero-order valence-corrected chi connectivity index (χ0v) is 16.3. The Balaban J connectivity index is 1.88. The predicted molar refractivity (Wildman–Crippen MR) is 102 cm³/mol. The van der Waals surface area contributed by atoms with Crippen LogP contribution in [0.3, 0.4) is 0 Å². The first-order valence-corrected chi connectivity index (χ1v) is 10.3. The summed E-state index contributed by atoms with van der Waals surface area (Å²) in [6.45, 7) is 3.34. The number of nitrogens with one attached hydrogen (secondary N) is 2. The van der Waals surface area contributed by atoms with Crippen LogP contribution in [0.2, 0.25) is 0 Å². The van der Waals surface area contributed by atoms with Crippen LogP contribution in [0.1, 0.15) is 39.5 Å². The summed E-state index contributed by atoms with van der Waals surface area (Å²) in [7, 11) is 0.665. The Bertz CT molecular complexity index is 693. The molecule has 0 radical (unpaired) electrons. The third kappa shape index (κ3) is 5.44. The van der Waals surface area contributed by atoms with Crippen molar-refractivity contribution in [2.45, 2.75) is 50.8 Å². The highest BCUT2D eigenvalue weighted by molar-refractivity contribution is 7.90. The number of carbonyl (C=O) groups is 1. The van der Waals surface area contributed by atoms with Crippen LogP contribution in [0.4, 0.5) is 11.4 Å². The number of hydrogen-bond donors (Lipinski definition) is 2. The maximum Gasteiger partial charge on any atom is 0.227 e. The van der Waals surface area contributed by atoms with E-state index in [0.29, 0.717) is 25.7 Å². The van der Waals surface area contributed by atoms with E-state index in [-0.39, 0.29) is 17.9 Å². The quantitative estimate of drug-likeness (QED) is 0.810. The fraction of sp³-hybridized carbons (Fsp3) is 0.611. The molecule has 1 aliphatic carbocycles. The molecular weight excluding hydrogens is 338 g/mol. The predicted octanol–water partition coefficient (Wildman–Crippen LogP) is 2.58. The van der Waals surface area contributed by atoms with Crippen LogP contribution >= 0.6 is 0 Å². The lowest BCUT2D eigenvalue weighted by molar-refractivity contribution is -0.120. The Morgan fingerprint density at radius 1 is 1.16 bits per heavy atom. The van der Waals surface area contributed by atoms with Gasteiger partial charge >= 0.3 is 0 Å². The summed E-state index contributed by atoms with van der Waals surface area (Å²) in [5.41, 5.74) is 1.82. The molecule has 0 unspecified atom stereocenters. The molecule has 0 aromatic heterocycles. The smallest absolute Gasteiger partial charge is 0.227 e. The molecule has 1 saturated carbocycles. The van der Waals surface area contributed by atoms with Crippen molar-refractivity contribution in [2.75, 3.05) is 24.3 Å². The first kappa shape index (κ1) is 19.7. The van der Waals surface area contributed by atoms with Gasteiger partial charge in [-0.1, -0.05) is 6.07 Å². The number of carbonyl (C=O) groups excluding carboxylic acids is 1. The number of nitrogens with zero attached hydrogens (tertiary/aromatic N) is 1. The molecule has 1 amide bonds. The van der Waals surface area contributed by atoms with E-state index in [0.717, 1.165) is 11.4 Å². The summed E-state index contributed by atoms with van der Waals surface area (Å²) in [5, 5.41) is 2.55. The zero-order valence-electron chi connectivity index (χ0n) is 15.5. The molecule has 0 atom stereocenters. The normalized spacial score (nSPS) is 21.2. The Morgan fingerprint density at radius 3 is 2.36 bits per heavy atom. The average Bonchev–Trinajstić information content (AvgIpc) is 2.55. The molecule has 0 saturated heterocycles. The van der Waals surface area contributed by atoms with Gasteiger partial charge in [0.1, 0.15) is 0 Å². The van der Waals surface area contributed by atoms with Gasteiger partial charge in [0.25, 0.3) is 0 Å². The fourth-order valence-electron chi connectivity index (χ4n) is 2.95. The van der Waals surface area contributed by atoms with Crippen molar-refractivity contribution in [2.24, 2.45) is 5.92 Å². The second-order valence-corrected chi connectivity index (χ2v) is 9.46. The topological polar surface area (TPSA) is 78.5 Å². The minimum absolute atomic E-state index is 0.0149. The summed E-state index contributed by atoms with van der Waals surface area (Å²) < 4.78 is 26.7. The molecule has 0 spiro atoms. The first-order chi connectivity index (χ1) is 11.7. The standard InChI is InChI=1S/C18H29N3O3S/c1-13(2)25(23,24)20-15-10-8-14(9-11-15)18(22)19-16-6-5-7-17(12-16)21(3)4/h5-7,12-15,20H,8-11H2,1-4H3,(H,19,22). The Kier molecular flexibility index (Phi) is 6.46. The monoisotopic (exact) mass is 367 g/mol. The molecule has 0 bridgehead atoms. The number of amides is 1. The van der Waals surface area contributed by atoms with Crippen LogP contribution in [0, 0.1) is 5.92 Å². The van der Waals surface area contributed by atoms with E-state index in [4.69, 9.17) is 0 Å². The molecule has 2 N–H and O–H groups in total. The van der Waals surface area contributed by atoms with Gasteiger partial charge in [-0.15, -0.1) is 0 Å². The number of rotatable bonds is 6. The fourth-order valence-corrected chi connectivity index (χ4v) is 3.92. The van der Waals surface area contributed by atoms with Crippen molar-refractivity contribution >= 4 is 27.3 Å². The van der Waals surface area contributed by atoms with Gasteiger partial charge in [0.15, 0.2) is 0 Å². The van der Waals surface area contributed by atoms with E-state index in [1.165, 1.54) is 0 Å². The van der Waals surface area contributed by atoms with Gasteiger partial charge in [-0.05, 0) is 57.7 Å². The van der Waals surface area contributed by atoms with E-state index >= 15 is 0 Å². The van der Waals surface area contributed by atoms with Gasteiger partial charge in [0.05, 0.1) is 5.25 Å². The molecule has 1 aromatic rings. The van der Waals surface area contributed by atoms with Crippen molar-refractivity contribution < 1.29 is 13.2 Å². The Labute approximate surface area is 151 Å². The van der Waals surface area contributed by atoms with Crippen molar-refractivity contribution in [3.8, 4) is 0 Å². The molecule has 25 heavy (non-hydrogen) atoms. The summed E-state index contributed by atoms with van der Waals surface area (Å²) >= 11 is 0. The van der Waals surface area contributed by atoms with E-state index in [2.05, 4.69) is 10.0 Å². The van der Waals surface area contributed by atoms with Gasteiger partial charge in [0, 0.05) is 37.4 Å². The second kappa shape index (κ2) is 8.19. The maximum atomic E-state index is 12.5. The molecule has 140 valence electrons. The third-order valence-electron chi connectivity index (χ3n) is 4.68. The van der Waals surface area contributed by atoms with E-state index in [1.54, 1.807) is 13.8 Å². The number of sulfonamides is 1. The van der Waals surface area contributed by atoms with E-state index in [9.17, 15) is 13.2 Å². The minimum atomic E-state index is -3.25. The summed E-state index contributed by atoms with van der Waals surface area (Å²) in [6, 6.07) is 7.67. The summed E-state index contributed by atoms with van der Waals surface area (Å²) in [6.07, 6.45) is 2.79. The van der Waals surface area contributed by atoms with Crippen LogP contribution in [0.5, 0.6) is 0 Å². The van der Waals surface area contributed by atoms with Crippen molar-refractivity contribution in [1.29, 1.82) is 0 Å². The highest BCUT2D eigenvalue weighted by Gasteiger charge is 2.29. The molecule has 0 aliphatic heterocycles. The van der Waals surface area contributed by atoms with Gasteiger partial charge in [-0.3, -0.25) is 4.79 Å². The molecule has 1 aromatic carbocycles. The first-order valence-electron chi connectivity index (χ1n) is 8.78. The van der Waals surface area contributed by atoms with E-state index < -0.39 is 15.3 Å². The molecule has 1 fully saturated rings. The van der Waals surface area contributed by atoms with Crippen LogP contribution in [-0.4, -0.2) is 39.7 Å². The third-order valence-corrected chi connectivity index (χ3v) is 6.58. The Morgan fingerprint density at radius 2 is 1.80 bits per heavy atom. The van der Waals surface area contributed by atoms with Gasteiger partial charge < -0.3 is 10.2 Å². The van der Waals surface area contributed by atoms with Crippen LogP contribution in [0.15, 0.2) is 24.3 Å². The lowest BCUT2D eigenvalue weighted by Crippen LogP contribution is -2.42. The van der Waals surface area contributed by atoms with Gasteiger partial charge in [-0.25, -0.2) is 13.1 Å². The second-order valence-electron chi connectivity index (χ2n) is 7.19. The number of benzene rings is 1. The van der Waals surface area contributed by atoms with Crippen LogP contribution in [0.25, 0.3) is 0 Å². The largest absolute Gasteiger partial charge is 0.378 e. The van der Waals surface area contributed by atoms with Crippen molar-refractivity contribution in [3.63, 3.8) is 0 Å². The number of hydrogen-bond acceptors (Lipinski definition) is 4. The highest BCUT2D eigenvalue weighted by atomic mass is 32.2. The van der Waals surface area contributed by atoms with Crippen LogP contribution in [-0.2, 0) is 14.8 Å². The number of anilines is 2. The minimum Gasteiger partial charge on any atom is -0.378 e. The lowest BCUT2D eigenvalue weighted by atomic mass is 9.86. The summed E-state index contributed by atoms with van der Waals surface area (Å²) in [5.74, 6) is -0.0520. The molecule has 7 heteroatoms. The van der Waals surface area contributed by atoms with Crippen molar-refractivity contribution in [1.82, 2.24) is 4.72 Å². The highest BCUT2D eigenvalue weighted by Crippen LogP contribution is 2.27. The molecular formula is C18H29N3O3S. The van der Waals surface area contributed by atoms with Gasteiger partial charge in [0.2, 0.25) is 15.9 Å². The molecule has 0 heterocycles. The zero-order chi connectivity index (χ0) is 18.6. The van der Waals surface area contributed by atoms with Crippen molar-refractivity contribution in [3.05, 3.63) is 24.3 Å². The average molecular weight is 368 g/mol. The molecule has 1 aliphatic rings. The SMILES string of the molecule is CC(C)S(=O)(=O)NC1CCC(C(=O)Nc2cccc(N(C)C)c2)CC1. The van der Waals surface area contributed by atoms with E-state index in [1.807, 2.05) is 43.3 Å². The lowest BCUT2D eigenvalue weighted by Gasteiger charge is -2.28. The summed E-state index contributed by atoms with van der Waals surface area (Å²) in [4.78, 5) is 14.5. The maximum absolute atomic E-state index is 12.5. The molecule has 2 rings (SSSR count). The Hall–Kier alpha value is -1.60. The van der Waals surface area contributed by atoms with Gasteiger partial charge in [-0.2, -0.15) is 0 Å². The van der Waals surface area contributed by atoms with Crippen LogP contribution < -0.4 is 14.9 Å².